The largest absolute Gasteiger partial charge is 0.503 e. The number of carbonyl (C=O) groups excluding carboxylic acids is 2. The molecular weight excluding hydrogens is 443 g/mol. The van der Waals surface area contributed by atoms with Gasteiger partial charge in [-0.2, -0.15) is 0 Å². The lowest BCUT2D eigenvalue weighted by molar-refractivity contribution is -0.138. The van der Waals surface area contributed by atoms with Gasteiger partial charge in [-0.25, -0.2) is 13.2 Å². The maximum Gasteiger partial charge on any atom is 0.276 e. The second-order valence-corrected chi connectivity index (χ2v) is 8.70. The second-order valence-electron chi connectivity index (χ2n) is 8.70. The number of carbonyl (C=O) groups is 2. The highest BCUT2D eigenvalue weighted by Crippen LogP contribution is 2.41. The van der Waals surface area contributed by atoms with E-state index in [-0.39, 0.29) is 30.3 Å². The van der Waals surface area contributed by atoms with Gasteiger partial charge in [0, 0.05) is 36.5 Å². The lowest BCUT2D eigenvalue weighted by Crippen LogP contribution is -2.57. The quantitative estimate of drug-likeness (QED) is 0.724. The van der Waals surface area contributed by atoms with E-state index in [1.165, 1.54) is 4.57 Å². The average Bonchev–Trinajstić information content (AvgIpc) is 3.03. The van der Waals surface area contributed by atoms with Crippen molar-refractivity contribution in [2.24, 2.45) is 5.92 Å². The number of aromatic nitrogens is 1. The van der Waals surface area contributed by atoms with E-state index in [0.29, 0.717) is 18.6 Å². The highest BCUT2D eigenvalue weighted by molar-refractivity contribution is 5.99. The smallest absolute Gasteiger partial charge is 0.276 e. The molecule has 2 aromatic rings. The van der Waals surface area contributed by atoms with Crippen molar-refractivity contribution in [3.05, 3.63) is 62.8 Å². The van der Waals surface area contributed by atoms with Crippen LogP contribution < -0.4 is 10.7 Å². The summed E-state index contributed by atoms with van der Waals surface area (Å²) in [6.07, 6.45) is 1.98. The molecule has 2 N–H and O–H groups in total. The Hall–Kier alpha value is -3.34. The molecule has 2 aliphatic heterocycles. The minimum Gasteiger partial charge on any atom is -0.503 e. The number of amides is 2. The molecule has 1 aromatic heterocycles. The molecule has 1 saturated carbocycles. The number of nitrogens with one attached hydrogen (secondary N) is 1. The van der Waals surface area contributed by atoms with Crippen molar-refractivity contribution < 1.29 is 32.6 Å². The fourth-order valence-corrected chi connectivity index (χ4v) is 5.00. The van der Waals surface area contributed by atoms with Gasteiger partial charge in [0.2, 0.25) is 5.43 Å². The zero-order valence-electron chi connectivity index (χ0n) is 17.5. The van der Waals surface area contributed by atoms with Crippen LogP contribution in [0.3, 0.4) is 0 Å². The monoisotopic (exact) mass is 463 g/mol. The first-order chi connectivity index (χ1) is 15.7. The van der Waals surface area contributed by atoms with Gasteiger partial charge in [-0.05, 0) is 18.8 Å². The van der Waals surface area contributed by atoms with E-state index in [0.717, 1.165) is 12.6 Å². The number of aromatic hydroxyl groups is 1. The third kappa shape index (κ3) is 3.38. The minimum absolute atomic E-state index is 0.00171. The van der Waals surface area contributed by atoms with Crippen LogP contribution >= 0.6 is 0 Å². The van der Waals surface area contributed by atoms with E-state index in [1.807, 2.05) is 6.92 Å². The van der Waals surface area contributed by atoms with E-state index in [9.17, 15) is 32.7 Å². The number of halogens is 3. The molecule has 3 aliphatic rings. The first-order valence-corrected chi connectivity index (χ1v) is 10.5. The predicted octanol–water partition coefficient (Wildman–Crippen LogP) is 1.88. The summed E-state index contributed by atoms with van der Waals surface area (Å²) in [5, 5.41) is 12.7. The van der Waals surface area contributed by atoms with Crippen LogP contribution in [0.1, 0.15) is 46.2 Å². The molecule has 11 heteroatoms. The maximum absolute atomic E-state index is 13.8. The fraction of sp³-hybridized carbons (Fsp3) is 0.409. The van der Waals surface area contributed by atoms with Gasteiger partial charge < -0.3 is 24.6 Å². The van der Waals surface area contributed by atoms with Crippen molar-refractivity contribution in [2.45, 2.75) is 51.2 Å². The number of nitrogens with zero attached hydrogens (tertiary/aromatic N) is 2. The first kappa shape index (κ1) is 21.5. The molecule has 33 heavy (non-hydrogen) atoms. The molecule has 3 heterocycles. The summed E-state index contributed by atoms with van der Waals surface area (Å²) in [5.74, 6) is -5.67. The van der Waals surface area contributed by atoms with Crippen LogP contribution in [0, 0.1) is 23.4 Å². The number of fused-ring (bicyclic) bond motifs is 5. The Bertz CT molecular complexity index is 1220. The van der Waals surface area contributed by atoms with E-state index in [1.54, 1.807) is 4.90 Å². The van der Waals surface area contributed by atoms with E-state index in [4.69, 9.17) is 4.74 Å². The molecule has 0 spiro atoms. The zero-order valence-corrected chi connectivity index (χ0v) is 17.5. The van der Waals surface area contributed by atoms with Crippen LogP contribution in [0.4, 0.5) is 13.2 Å². The van der Waals surface area contributed by atoms with E-state index in [2.05, 4.69) is 5.32 Å². The average molecular weight is 463 g/mol. The van der Waals surface area contributed by atoms with Crippen molar-refractivity contribution in [3.63, 3.8) is 0 Å². The van der Waals surface area contributed by atoms with Gasteiger partial charge in [-0.1, -0.05) is 6.92 Å². The summed E-state index contributed by atoms with van der Waals surface area (Å²) in [4.78, 5) is 39.9. The van der Waals surface area contributed by atoms with Crippen LogP contribution in [0.2, 0.25) is 0 Å². The van der Waals surface area contributed by atoms with Crippen molar-refractivity contribution in [2.75, 3.05) is 0 Å². The van der Waals surface area contributed by atoms with Gasteiger partial charge in [0.05, 0.1) is 12.6 Å². The standard InChI is InChI=1S/C22H20F3N3O5/c1-9-2-11-5-16(9)33-17-8-27-7-13(19(29)20(30)18(27)22(32)28(11)17)21(31)26-6-12-14(24)3-10(23)4-15(12)25/h3-4,7,9,11,16-17,30H,2,5-6,8H2,1H3,(H,26,31). The number of hydrogen-bond acceptors (Lipinski definition) is 5. The predicted molar refractivity (Wildman–Crippen MR) is 107 cm³/mol. The molecule has 1 aromatic carbocycles. The molecule has 4 unspecified atom stereocenters. The molecule has 2 bridgehead atoms. The van der Waals surface area contributed by atoms with Gasteiger partial charge in [-0.15, -0.1) is 0 Å². The molecule has 174 valence electrons. The zero-order chi connectivity index (χ0) is 23.6. The Morgan fingerprint density at radius 1 is 1.21 bits per heavy atom. The van der Waals surface area contributed by atoms with Crippen molar-refractivity contribution >= 4 is 11.8 Å². The van der Waals surface area contributed by atoms with Crippen molar-refractivity contribution in [1.29, 1.82) is 0 Å². The number of pyridine rings is 1. The summed E-state index contributed by atoms with van der Waals surface area (Å²) >= 11 is 0. The molecule has 8 nitrogen and oxygen atoms in total. The Balaban J connectivity index is 1.44. The van der Waals surface area contributed by atoms with Crippen molar-refractivity contribution in [1.82, 2.24) is 14.8 Å². The van der Waals surface area contributed by atoms with Crippen LogP contribution in [0.25, 0.3) is 0 Å². The third-order valence-electron chi connectivity index (χ3n) is 6.64. The number of rotatable bonds is 3. The summed E-state index contributed by atoms with van der Waals surface area (Å²) < 4.78 is 48.1. The van der Waals surface area contributed by atoms with Crippen molar-refractivity contribution in [3.8, 4) is 5.75 Å². The van der Waals surface area contributed by atoms with Gasteiger partial charge in [0.15, 0.2) is 17.7 Å². The highest BCUT2D eigenvalue weighted by Gasteiger charge is 2.50. The second kappa shape index (κ2) is 7.62. The summed E-state index contributed by atoms with van der Waals surface area (Å²) in [7, 11) is 0. The molecule has 2 fully saturated rings. The van der Waals surface area contributed by atoms with Gasteiger partial charge in [0.25, 0.3) is 11.8 Å². The molecule has 2 amide bonds. The highest BCUT2D eigenvalue weighted by atomic mass is 19.1. The van der Waals surface area contributed by atoms with E-state index < -0.39 is 64.3 Å². The SMILES string of the molecule is CC1CC2CC1OC1Cn3cc(C(=O)NCc4c(F)cc(F)cc4F)c(=O)c(O)c3C(=O)N21. The minimum atomic E-state index is -1.19. The number of hydrogen-bond donors (Lipinski definition) is 2. The number of ether oxygens (including phenoxy) is 1. The number of benzene rings is 1. The molecular formula is C22H20F3N3O5. The Labute approximate surface area is 185 Å². The molecule has 4 atom stereocenters. The molecule has 5 rings (SSSR count). The summed E-state index contributed by atoms with van der Waals surface area (Å²) in [5.41, 5.74) is -2.41. The van der Waals surface area contributed by atoms with Gasteiger partial charge in [0.1, 0.15) is 23.0 Å². The van der Waals surface area contributed by atoms with Crippen LogP contribution in [-0.4, -0.2) is 44.8 Å². The van der Waals surface area contributed by atoms with Crippen LogP contribution in [-0.2, 0) is 17.8 Å². The summed E-state index contributed by atoms with van der Waals surface area (Å²) in [6.45, 7) is 1.49. The lowest BCUT2D eigenvalue weighted by Gasteiger charge is -2.44. The van der Waals surface area contributed by atoms with Gasteiger partial charge in [-0.3, -0.25) is 14.4 Å². The first-order valence-electron chi connectivity index (χ1n) is 10.5. The topological polar surface area (TPSA) is 101 Å². The normalized spacial score (nSPS) is 25.6. The third-order valence-corrected chi connectivity index (χ3v) is 6.64. The van der Waals surface area contributed by atoms with E-state index >= 15 is 0 Å². The summed E-state index contributed by atoms with van der Waals surface area (Å²) in [6, 6.07) is 0.891. The Morgan fingerprint density at radius 3 is 2.61 bits per heavy atom. The Kier molecular flexibility index (Phi) is 4.96. The Morgan fingerprint density at radius 2 is 1.91 bits per heavy atom. The lowest BCUT2D eigenvalue weighted by atomic mass is 10.1. The molecule has 1 aliphatic carbocycles. The maximum atomic E-state index is 13.8. The fourth-order valence-electron chi connectivity index (χ4n) is 5.00. The van der Waals surface area contributed by atoms with Crippen LogP contribution in [0.15, 0.2) is 23.1 Å². The molecule has 0 radical (unpaired) electrons. The molecule has 1 saturated heterocycles. The van der Waals surface area contributed by atoms with Gasteiger partial charge >= 0.3 is 0 Å². The van der Waals surface area contributed by atoms with Crippen LogP contribution in [0.5, 0.6) is 5.75 Å².